The van der Waals surface area contributed by atoms with Crippen LogP contribution >= 0.6 is 11.8 Å². The fourth-order valence-corrected chi connectivity index (χ4v) is 5.16. The lowest BCUT2D eigenvalue weighted by Crippen LogP contribution is -2.38. The first kappa shape index (κ1) is 16.9. The second-order valence-electron chi connectivity index (χ2n) is 5.58. The summed E-state index contributed by atoms with van der Waals surface area (Å²) in [6.45, 7) is 2.70. The van der Waals surface area contributed by atoms with E-state index >= 15 is 0 Å². The zero-order chi connectivity index (χ0) is 15.5. The average Bonchev–Trinajstić information content (AvgIpc) is 3.05. The molecular weight excluding hydrogens is 308 g/mol. The Balaban J connectivity index is 2.11. The highest BCUT2D eigenvalue weighted by atomic mass is 32.2. The van der Waals surface area contributed by atoms with E-state index in [4.69, 9.17) is 4.42 Å². The summed E-state index contributed by atoms with van der Waals surface area (Å²) in [5, 5.41) is 2.96. The minimum atomic E-state index is -3.51. The molecule has 5 nitrogen and oxygen atoms in total. The van der Waals surface area contributed by atoms with Crippen LogP contribution in [0.2, 0.25) is 0 Å². The summed E-state index contributed by atoms with van der Waals surface area (Å²) < 4.78 is 33.3. The van der Waals surface area contributed by atoms with E-state index in [-0.39, 0.29) is 9.64 Å². The standard InChI is InChI=1S/C14H24N2O3S2/c1-11-13(8-12(19-11)9-15-2)21(17,18)16-10-14(20-3)6-4-5-7-14/h8,15-16H,4-7,9-10H2,1-3H3. The van der Waals surface area contributed by atoms with Crippen molar-refractivity contribution in [2.24, 2.45) is 0 Å². The molecule has 0 atom stereocenters. The van der Waals surface area contributed by atoms with Crippen LogP contribution in [0.1, 0.15) is 37.2 Å². The largest absolute Gasteiger partial charge is 0.464 e. The summed E-state index contributed by atoms with van der Waals surface area (Å²) in [7, 11) is -1.71. The van der Waals surface area contributed by atoms with Gasteiger partial charge >= 0.3 is 0 Å². The van der Waals surface area contributed by atoms with Gasteiger partial charge in [-0.3, -0.25) is 0 Å². The van der Waals surface area contributed by atoms with E-state index in [2.05, 4.69) is 16.3 Å². The van der Waals surface area contributed by atoms with E-state index in [1.54, 1.807) is 31.8 Å². The molecule has 2 rings (SSSR count). The summed E-state index contributed by atoms with van der Waals surface area (Å²) in [4.78, 5) is 0.252. The molecule has 0 saturated heterocycles. The average molecular weight is 332 g/mol. The van der Waals surface area contributed by atoms with Crippen LogP contribution in [0.25, 0.3) is 0 Å². The number of hydrogen-bond acceptors (Lipinski definition) is 5. The molecule has 0 unspecified atom stereocenters. The Morgan fingerprint density at radius 1 is 1.38 bits per heavy atom. The molecule has 0 aromatic carbocycles. The highest BCUT2D eigenvalue weighted by molar-refractivity contribution is 8.00. The van der Waals surface area contributed by atoms with Gasteiger partial charge in [0.1, 0.15) is 16.4 Å². The first-order valence-corrected chi connectivity index (χ1v) is 9.92. The van der Waals surface area contributed by atoms with Gasteiger partial charge in [-0.05, 0) is 33.1 Å². The normalized spacial score (nSPS) is 18.2. The fraction of sp³-hybridized carbons (Fsp3) is 0.714. The predicted molar refractivity (Wildman–Crippen MR) is 86.1 cm³/mol. The fourth-order valence-electron chi connectivity index (χ4n) is 2.83. The van der Waals surface area contributed by atoms with Gasteiger partial charge in [0.25, 0.3) is 0 Å². The van der Waals surface area contributed by atoms with Crippen LogP contribution in [0.15, 0.2) is 15.4 Å². The molecule has 0 radical (unpaired) electrons. The van der Waals surface area contributed by atoms with Crippen molar-refractivity contribution < 1.29 is 12.8 Å². The molecule has 1 saturated carbocycles. The first-order chi connectivity index (χ1) is 9.92. The number of hydrogen-bond donors (Lipinski definition) is 2. The lowest BCUT2D eigenvalue weighted by molar-refractivity contribution is 0.465. The third kappa shape index (κ3) is 3.83. The van der Waals surface area contributed by atoms with Crippen LogP contribution in [0.3, 0.4) is 0 Å². The Labute approximate surface area is 131 Å². The van der Waals surface area contributed by atoms with Gasteiger partial charge in [0.05, 0.1) is 6.54 Å². The van der Waals surface area contributed by atoms with Crippen molar-refractivity contribution in [3.05, 3.63) is 17.6 Å². The van der Waals surface area contributed by atoms with Gasteiger partial charge in [0, 0.05) is 17.4 Å². The number of sulfonamides is 1. The smallest absolute Gasteiger partial charge is 0.244 e. The van der Waals surface area contributed by atoms with E-state index in [0.29, 0.717) is 24.6 Å². The quantitative estimate of drug-likeness (QED) is 0.801. The molecule has 1 fully saturated rings. The third-order valence-corrected chi connectivity index (χ3v) is 7.02. The van der Waals surface area contributed by atoms with Crippen LogP contribution < -0.4 is 10.0 Å². The van der Waals surface area contributed by atoms with E-state index < -0.39 is 10.0 Å². The molecule has 1 aromatic rings. The number of thioether (sulfide) groups is 1. The Morgan fingerprint density at radius 3 is 2.62 bits per heavy atom. The van der Waals surface area contributed by atoms with Crippen molar-refractivity contribution in [3.63, 3.8) is 0 Å². The second kappa shape index (κ2) is 6.73. The second-order valence-corrected chi connectivity index (χ2v) is 8.59. The van der Waals surface area contributed by atoms with Crippen molar-refractivity contribution in [2.45, 2.75) is 48.8 Å². The zero-order valence-corrected chi connectivity index (χ0v) is 14.5. The number of furan rings is 1. The molecule has 0 aliphatic heterocycles. The van der Waals surface area contributed by atoms with Gasteiger partial charge in [-0.25, -0.2) is 13.1 Å². The maximum absolute atomic E-state index is 12.5. The van der Waals surface area contributed by atoms with Crippen LogP contribution in [0.4, 0.5) is 0 Å². The van der Waals surface area contributed by atoms with Crippen LogP contribution in [0, 0.1) is 6.92 Å². The lowest BCUT2D eigenvalue weighted by atomic mass is 10.1. The minimum Gasteiger partial charge on any atom is -0.464 e. The molecule has 2 N–H and O–H groups in total. The molecule has 21 heavy (non-hydrogen) atoms. The van der Waals surface area contributed by atoms with Crippen molar-refractivity contribution >= 4 is 21.8 Å². The van der Waals surface area contributed by atoms with Crippen LogP contribution in [0.5, 0.6) is 0 Å². The first-order valence-electron chi connectivity index (χ1n) is 7.21. The van der Waals surface area contributed by atoms with Gasteiger partial charge in [-0.15, -0.1) is 0 Å². The Hall–Kier alpha value is -0.500. The third-order valence-electron chi connectivity index (χ3n) is 4.10. The minimum absolute atomic E-state index is 0.0541. The van der Waals surface area contributed by atoms with Crippen LogP contribution in [-0.4, -0.2) is 33.0 Å². The molecule has 0 amide bonds. The van der Waals surface area contributed by atoms with E-state index in [1.807, 2.05) is 0 Å². The number of aryl methyl sites for hydroxylation is 1. The molecule has 0 bridgehead atoms. The highest BCUT2D eigenvalue weighted by Crippen LogP contribution is 2.39. The maximum Gasteiger partial charge on any atom is 0.244 e. The molecule has 1 aliphatic rings. The van der Waals surface area contributed by atoms with Gasteiger partial charge < -0.3 is 9.73 Å². The molecule has 120 valence electrons. The Bertz CT molecular complexity index is 575. The topological polar surface area (TPSA) is 71.3 Å². The van der Waals surface area contributed by atoms with Crippen molar-refractivity contribution in [3.8, 4) is 0 Å². The van der Waals surface area contributed by atoms with Gasteiger partial charge in [0.2, 0.25) is 10.0 Å². The molecule has 1 heterocycles. The van der Waals surface area contributed by atoms with Crippen LogP contribution in [-0.2, 0) is 16.6 Å². The summed E-state index contributed by atoms with van der Waals surface area (Å²) >= 11 is 1.77. The van der Waals surface area contributed by atoms with E-state index in [0.717, 1.165) is 12.8 Å². The van der Waals surface area contributed by atoms with Crippen molar-refractivity contribution in [1.82, 2.24) is 10.0 Å². The summed E-state index contributed by atoms with van der Waals surface area (Å²) in [6.07, 6.45) is 6.57. The molecule has 1 aliphatic carbocycles. The lowest BCUT2D eigenvalue weighted by Gasteiger charge is -2.26. The maximum atomic E-state index is 12.5. The highest BCUT2D eigenvalue weighted by Gasteiger charge is 2.34. The van der Waals surface area contributed by atoms with Crippen molar-refractivity contribution in [2.75, 3.05) is 19.8 Å². The monoisotopic (exact) mass is 332 g/mol. The zero-order valence-electron chi connectivity index (χ0n) is 12.9. The Kier molecular flexibility index (Phi) is 5.40. The van der Waals surface area contributed by atoms with Gasteiger partial charge in [0.15, 0.2) is 0 Å². The predicted octanol–water partition coefficient (Wildman–Crippen LogP) is 2.26. The van der Waals surface area contributed by atoms with Crippen molar-refractivity contribution in [1.29, 1.82) is 0 Å². The molecular formula is C14H24N2O3S2. The summed E-state index contributed by atoms with van der Waals surface area (Å²) in [6, 6.07) is 1.61. The van der Waals surface area contributed by atoms with Gasteiger partial charge in [-0.2, -0.15) is 11.8 Å². The SMILES string of the molecule is CNCc1cc(S(=O)(=O)NCC2(SC)CCCC2)c(C)o1. The van der Waals surface area contributed by atoms with E-state index in [9.17, 15) is 8.42 Å². The summed E-state index contributed by atoms with van der Waals surface area (Å²) in [5.74, 6) is 1.08. The number of nitrogens with one attached hydrogen (secondary N) is 2. The van der Waals surface area contributed by atoms with Gasteiger partial charge in [-0.1, -0.05) is 12.8 Å². The number of rotatable bonds is 7. The molecule has 0 spiro atoms. The molecule has 1 aromatic heterocycles. The Morgan fingerprint density at radius 2 is 2.05 bits per heavy atom. The molecule has 7 heteroatoms. The van der Waals surface area contributed by atoms with E-state index in [1.165, 1.54) is 12.8 Å². The summed E-state index contributed by atoms with van der Waals surface area (Å²) in [5.41, 5.74) is 0.